The summed E-state index contributed by atoms with van der Waals surface area (Å²) < 4.78 is 13.3. The van der Waals surface area contributed by atoms with Crippen LogP contribution in [0.4, 0.5) is 4.39 Å². The topological polar surface area (TPSA) is 49.3 Å². The van der Waals surface area contributed by atoms with Crippen LogP contribution >= 0.6 is 11.6 Å². The first-order valence-electron chi connectivity index (χ1n) is 4.95. The number of nitrogens with one attached hydrogen (secondary N) is 1. The van der Waals surface area contributed by atoms with E-state index in [0.717, 1.165) is 6.07 Å². The molecule has 0 bridgehead atoms. The van der Waals surface area contributed by atoms with E-state index in [1.54, 1.807) is 0 Å². The fourth-order valence-electron chi connectivity index (χ4n) is 1.21. The van der Waals surface area contributed by atoms with Gasteiger partial charge in [0.1, 0.15) is 5.82 Å². The Bertz CT molecular complexity index is 380. The van der Waals surface area contributed by atoms with Gasteiger partial charge in [0, 0.05) is 5.02 Å². The van der Waals surface area contributed by atoms with Crippen LogP contribution in [0.2, 0.25) is 5.02 Å². The summed E-state index contributed by atoms with van der Waals surface area (Å²) in [5.41, 5.74) is -0.112. The average molecular weight is 246 g/mol. The zero-order chi connectivity index (χ0) is 12.1. The van der Waals surface area contributed by atoms with Crippen LogP contribution in [-0.4, -0.2) is 23.7 Å². The van der Waals surface area contributed by atoms with Crippen molar-refractivity contribution in [2.75, 3.05) is 6.61 Å². The highest BCUT2D eigenvalue weighted by Gasteiger charge is 2.15. The molecule has 0 unspecified atom stereocenters. The van der Waals surface area contributed by atoms with E-state index in [1.807, 2.05) is 6.92 Å². The molecule has 0 aliphatic heterocycles. The SMILES string of the molecule is CC[C@@H](CO)NC(=O)c1cc(Cl)ccc1F. The second-order valence-electron chi connectivity index (χ2n) is 3.39. The van der Waals surface area contributed by atoms with E-state index >= 15 is 0 Å². The lowest BCUT2D eigenvalue weighted by Crippen LogP contribution is -2.37. The largest absolute Gasteiger partial charge is 0.394 e. The van der Waals surface area contributed by atoms with Gasteiger partial charge in [-0.25, -0.2) is 4.39 Å². The lowest BCUT2D eigenvalue weighted by Gasteiger charge is -2.14. The maximum atomic E-state index is 13.3. The maximum Gasteiger partial charge on any atom is 0.254 e. The number of benzene rings is 1. The molecule has 1 aromatic rings. The van der Waals surface area contributed by atoms with Crippen LogP contribution in [0, 0.1) is 5.82 Å². The molecule has 0 spiro atoms. The number of halogens is 2. The molecule has 0 aromatic heterocycles. The Morgan fingerprint density at radius 3 is 2.88 bits per heavy atom. The smallest absolute Gasteiger partial charge is 0.254 e. The molecule has 0 radical (unpaired) electrons. The van der Waals surface area contributed by atoms with E-state index < -0.39 is 11.7 Å². The van der Waals surface area contributed by atoms with Gasteiger partial charge in [0.15, 0.2) is 0 Å². The lowest BCUT2D eigenvalue weighted by atomic mass is 10.1. The molecule has 2 N–H and O–H groups in total. The van der Waals surface area contributed by atoms with Crippen molar-refractivity contribution in [3.8, 4) is 0 Å². The summed E-state index contributed by atoms with van der Waals surface area (Å²) in [6, 6.07) is 3.40. The van der Waals surface area contributed by atoms with E-state index in [0.29, 0.717) is 11.4 Å². The summed E-state index contributed by atoms with van der Waals surface area (Å²) in [7, 11) is 0. The second-order valence-corrected chi connectivity index (χ2v) is 3.82. The normalized spacial score (nSPS) is 12.2. The Labute approximate surface area is 98.2 Å². The van der Waals surface area contributed by atoms with Gasteiger partial charge in [-0.2, -0.15) is 0 Å². The summed E-state index contributed by atoms with van der Waals surface area (Å²) in [4.78, 5) is 11.6. The standard InChI is InChI=1S/C11H13ClFNO2/c1-2-8(6-15)14-11(16)9-5-7(12)3-4-10(9)13/h3-5,8,15H,2,6H2,1H3,(H,14,16)/t8-/m0/s1. The molecule has 0 saturated carbocycles. The minimum absolute atomic E-state index is 0.112. The van der Waals surface area contributed by atoms with Crippen molar-refractivity contribution in [2.45, 2.75) is 19.4 Å². The average Bonchev–Trinajstić information content (AvgIpc) is 2.28. The molecule has 1 amide bonds. The summed E-state index contributed by atoms with van der Waals surface area (Å²) in [5.74, 6) is -1.20. The van der Waals surface area contributed by atoms with Gasteiger partial charge in [-0.05, 0) is 24.6 Å². The fraction of sp³-hybridized carbons (Fsp3) is 0.364. The number of carbonyl (C=O) groups is 1. The zero-order valence-electron chi connectivity index (χ0n) is 8.84. The van der Waals surface area contributed by atoms with Crippen molar-refractivity contribution in [3.05, 3.63) is 34.6 Å². The Morgan fingerprint density at radius 1 is 1.62 bits per heavy atom. The molecule has 88 valence electrons. The van der Waals surface area contributed by atoms with E-state index in [2.05, 4.69) is 5.32 Å². The van der Waals surface area contributed by atoms with Gasteiger partial charge in [-0.1, -0.05) is 18.5 Å². The molecule has 5 heteroatoms. The molecule has 0 aliphatic rings. The number of rotatable bonds is 4. The molecular weight excluding hydrogens is 233 g/mol. The van der Waals surface area contributed by atoms with Crippen molar-refractivity contribution < 1.29 is 14.3 Å². The molecular formula is C11H13ClFNO2. The van der Waals surface area contributed by atoms with Gasteiger partial charge in [0.25, 0.3) is 5.91 Å². The third kappa shape index (κ3) is 3.18. The third-order valence-corrected chi connectivity index (χ3v) is 2.46. The quantitative estimate of drug-likeness (QED) is 0.852. The van der Waals surface area contributed by atoms with Gasteiger partial charge in [-0.3, -0.25) is 4.79 Å². The van der Waals surface area contributed by atoms with Crippen LogP contribution in [0.15, 0.2) is 18.2 Å². The summed E-state index contributed by atoms with van der Waals surface area (Å²) >= 11 is 5.67. The van der Waals surface area contributed by atoms with Crippen molar-refractivity contribution in [3.63, 3.8) is 0 Å². The van der Waals surface area contributed by atoms with Gasteiger partial charge in [0.05, 0.1) is 18.2 Å². The van der Waals surface area contributed by atoms with Crippen LogP contribution in [0.3, 0.4) is 0 Å². The van der Waals surface area contributed by atoms with Crippen molar-refractivity contribution in [1.29, 1.82) is 0 Å². The van der Waals surface area contributed by atoms with Crippen molar-refractivity contribution in [2.24, 2.45) is 0 Å². The highest BCUT2D eigenvalue weighted by molar-refractivity contribution is 6.31. The number of carbonyl (C=O) groups excluding carboxylic acids is 1. The molecule has 1 aromatic carbocycles. The Kier molecular flexibility index (Phi) is 4.71. The predicted molar refractivity (Wildman–Crippen MR) is 60.0 cm³/mol. The van der Waals surface area contributed by atoms with Gasteiger partial charge in [0.2, 0.25) is 0 Å². The zero-order valence-corrected chi connectivity index (χ0v) is 9.59. The fourth-order valence-corrected chi connectivity index (χ4v) is 1.38. The summed E-state index contributed by atoms with van der Waals surface area (Å²) in [6.45, 7) is 1.64. The number of aliphatic hydroxyl groups is 1. The monoisotopic (exact) mass is 245 g/mol. The summed E-state index contributed by atoms with van der Waals surface area (Å²) in [5, 5.41) is 11.7. The molecule has 0 aliphatic carbocycles. The molecule has 0 heterocycles. The number of hydrogen-bond acceptors (Lipinski definition) is 2. The lowest BCUT2D eigenvalue weighted by molar-refractivity contribution is 0.0911. The molecule has 0 saturated heterocycles. The molecule has 0 fully saturated rings. The van der Waals surface area contributed by atoms with Gasteiger partial charge in [-0.15, -0.1) is 0 Å². The Balaban J connectivity index is 2.83. The third-order valence-electron chi connectivity index (χ3n) is 2.22. The highest BCUT2D eigenvalue weighted by atomic mass is 35.5. The van der Waals surface area contributed by atoms with Gasteiger partial charge < -0.3 is 10.4 Å². The van der Waals surface area contributed by atoms with E-state index in [9.17, 15) is 9.18 Å². The van der Waals surface area contributed by atoms with Crippen LogP contribution in [0.1, 0.15) is 23.7 Å². The van der Waals surface area contributed by atoms with E-state index in [4.69, 9.17) is 16.7 Å². The van der Waals surface area contributed by atoms with Crippen LogP contribution in [0.5, 0.6) is 0 Å². The Morgan fingerprint density at radius 2 is 2.31 bits per heavy atom. The van der Waals surface area contributed by atoms with Crippen LogP contribution in [0.25, 0.3) is 0 Å². The van der Waals surface area contributed by atoms with E-state index in [-0.39, 0.29) is 18.2 Å². The molecule has 16 heavy (non-hydrogen) atoms. The number of hydrogen-bond donors (Lipinski definition) is 2. The van der Waals surface area contributed by atoms with Crippen molar-refractivity contribution in [1.82, 2.24) is 5.32 Å². The molecule has 1 atom stereocenters. The van der Waals surface area contributed by atoms with Crippen LogP contribution in [-0.2, 0) is 0 Å². The van der Waals surface area contributed by atoms with Gasteiger partial charge >= 0.3 is 0 Å². The predicted octanol–water partition coefficient (Wildman–Crippen LogP) is 1.98. The maximum absolute atomic E-state index is 13.3. The first-order chi connectivity index (χ1) is 7.58. The van der Waals surface area contributed by atoms with Crippen LogP contribution < -0.4 is 5.32 Å². The minimum Gasteiger partial charge on any atom is -0.394 e. The number of amides is 1. The first-order valence-corrected chi connectivity index (χ1v) is 5.33. The van der Waals surface area contributed by atoms with E-state index in [1.165, 1.54) is 12.1 Å². The molecule has 3 nitrogen and oxygen atoms in total. The molecule has 1 rings (SSSR count). The first kappa shape index (κ1) is 12.9. The highest BCUT2D eigenvalue weighted by Crippen LogP contribution is 2.14. The number of aliphatic hydroxyl groups excluding tert-OH is 1. The summed E-state index contributed by atoms with van der Waals surface area (Å²) in [6.07, 6.45) is 0.574. The Hall–Kier alpha value is -1.13. The minimum atomic E-state index is -0.630. The van der Waals surface area contributed by atoms with Crippen molar-refractivity contribution >= 4 is 17.5 Å². The second kappa shape index (κ2) is 5.82.